The fourth-order valence-electron chi connectivity index (χ4n) is 3.45. The maximum atomic E-state index is 13.0. The van der Waals surface area contributed by atoms with Crippen LogP contribution in [0.2, 0.25) is 5.02 Å². The lowest BCUT2D eigenvalue weighted by Crippen LogP contribution is -2.29. The maximum Gasteiger partial charge on any atom is 0.300 e. The van der Waals surface area contributed by atoms with Gasteiger partial charge in [-0.05, 0) is 30.7 Å². The van der Waals surface area contributed by atoms with E-state index >= 15 is 0 Å². The van der Waals surface area contributed by atoms with Crippen LogP contribution in [0.4, 0.5) is 5.69 Å². The lowest BCUT2D eigenvalue weighted by molar-refractivity contribution is -0.132. The number of aromatic nitrogens is 1. The summed E-state index contributed by atoms with van der Waals surface area (Å²) in [7, 11) is 0. The van der Waals surface area contributed by atoms with Crippen molar-refractivity contribution in [3.63, 3.8) is 0 Å². The second-order valence-electron chi connectivity index (χ2n) is 6.77. The van der Waals surface area contributed by atoms with E-state index in [4.69, 9.17) is 11.6 Å². The Labute approximate surface area is 172 Å². The fourth-order valence-corrected chi connectivity index (χ4v) is 3.69. The lowest BCUT2D eigenvalue weighted by Gasteiger charge is -2.25. The molecule has 6 heteroatoms. The third kappa shape index (κ3) is 3.30. The molecule has 5 nitrogen and oxygen atoms in total. The highest BCUT2D eigenvalue weighted by molar-refractivity contribution is 6.52. The van der Waals surface area contributed by atoms with Gasteiger partial charge in [-0.2, -0.15) is 0 Å². The monoisotopic (exact) mass is 404 g/mol. The van der Waals surface area contributed by atoms with Crippen molar-refractivity contribution in [3.8, 4) is 0 Å². The van der Waals surface area contributed by atoms with Crippen molar-refractivity contribution in [1.29, 1.82) is 0 Å². The Morgan fingerprint density at radius 1 is 1.03 bits per heavy atom. The Balaban J connectivity index is 1.97. The third-order valence-electron chi connectivity index (χ3n) is 4.89. The number of carbonyl (C=O) groups is 2. The van der Waals surface area contributed by atoms with Gasteiger partial charge in [-0.15, -0.1) is 0 Å². The number of amides is 1. The third-order valence-corrected chi connectivity index (χ3v) is 5.24. The zero-order valence-electron chi connectivity index (χ0n) is 15.5. The van der Waals surface area contributed by atoms with Crippen LogP contribution in [-0.2, 0) is 9.59 Å². The zero-order chi connectivity index (χ0) is 20.5. The fraction of sp³-hybridized carbons (Fsp3) is 0.0870. The lowest BCUT2D eigenvalue weighted by atomic mass is 9.95. The van der Waals surface area contributed by atoms with Crippen molar-refractivity contribution < 1.29 is 14.7 Å². The van der Waals surface area contributed by atoms with Crippen LogP contribution in [-0.4, -0.2) is 21.8 Å². The molecule has 0 saturated carbocycles. The molecule has 1 fully saturated rings. The number of hydrogen-bond acceptors (Lipinski definition) is 4. The number of halogens is 1. The van der Waals surface area contributed by atoms with E-state index in [2.05, 4.69) is 4.98 Å². The normalized spacial score (nSPS) is 18.3. The van der Waals surface area contributed by atoms with E-state index in [-0.39, 0.29) is 11.3 Å². The molecule has 1 atom stereocenters. The first-order chi connectivity index (χ1) is 14.0. The minimum Gasteiger partial charge on any atom is -0.507 e. The predicted octanol–water partition coefficient (Wildman–Crippen LogP) is 4.67. The van der Waals surface area contributed by atoms with Crippen molar-refractivity contribution in [1.82, 2.24) is 4.98 Å². The van der Waals surface area contributed by atoms with Gasteiger partial charge in [-0.3, -0.25) is 19.5 Å². The first kappa shape index (κ1) is 18.9. The Morgan fingerprint density at radius 3 is 2.41 bits per heavy atom. The van der Waals surface area contributed by atoms with E-state index in [0.29, 0.717) is 21.8 Å². The summed E-state index contributed by atoms with van der Waals surface area (Å²) in [5, 5.41) is 11.4. The summed E-state index contributed by atoms with van der Waals surface area (Å²) in [6.45, 7) is 1.93. The van der Waals surface area contributed by atoms with Crippen molar-refractivity contribution in [3.05, 3.63) is 100 Å². The SMILES string of the molecule is Cc1ccc(C(O)=C2C(=O)C(=O)N(c3cccnc3)[C@@H]2c2ccccc2Cl)cc1. The van der Waals surface area contributed by atoms with E-state index in [9.17, 15) is 14.7 Å². The highest BCUT2D eigenvalue weighted by Gasteiger charge is 2.47. The van der Waals surface area contributed by atoms with E-state index in [1.807, 2.05) is 19.1 Å². The molecule has 2 heterocycles. The number of aliphatic hydroxyl groups is 1. The molecule has 0 unspecified atom stereocenters. The average Bonchev–Trinajstić information content (AvgIpc) is 3.00. The maximum absolute atomic E-state index is 13.0. The molecular formula is C23H17ClN2O3. The van der Waals surface area contributed by atoms with Crippen LogP contribution in [0.5, 0.6) is 0 Å². The first-order valence-corrected chi connectivity index (χ1v) is 9.39. The van der Waals surface area contributed by atoms with Gasteiger partial charge < -0.3 is 5.11 Å². The molecule has 0 radical (unpaired) electrons. The number of hydrogen-bond donors (Lipinski definition) is 1. The summed E-state index contributed by atoms with van der Waals surface area (Å²) >= 11 is 6.42. The van der Waals surface area contributed by atoms with Crippen molar-refractivity contribution in [2.45, 2.75) is 13.0 Å². The number of pyridine rings is 1. The Kier molecular flexibility index (Phi) is 4.91. The van der Waals surface area contributed by atoms with Crippen molar-refractivity contribution >= 4 is 34.7 Å². The van der Waals surface area contributed by atoms with Gasteiger partial charge >= 0.3 is 0 Å². The minimum atomic E-state index is -0.866. The molecule has 1 aromatic heterocycles. The molecule has 144 valence electrons. The first-order valence-electron chi connectivity index (χ1n) is 9.01. The number of Topliss-reactive ketones (excluding diaryl/α,β-unsaturated/α-hetero) is 1. The van der Waals surface area contributed by atoms with E-state index in [0.717, 1.165) is 5.56 Å². The van der Waals surface area contributed by atoms with Crippen LogP contribution in [0.25, 0.3) is 5.76 Å². The topological polar surface area (TPSA) is 70.5 Å². The van der Waals surface area contributed by atoms with Gasteiger partial charge in [-0.25, -0.2) is 0 Å². The minimum absolute atomic E-state index is 0.00388. The van der Waals surface area contributed by atoms with Gasteiger partial charge in [-0.1, -0.05) is 59.6 Å². The number of rotatable bonds is 3. The molecule has 1 aliphatic rings. The molecule has 1 saturated heterocycles. The number of carbonyl (C=O) groups excluding carboxylic acids is 2. The molecule has 0 aliphatic carbocycles. The summed E-state index contributed by atoms with van der Waals surface area (Å²) in [5.41, 5.74) is 2.46. The second kappa shape index (κ2) is 7.53. The van der Waals surface area contributed by atoms with E-state index < -0.39 is 17.7 Å². The molecule has 0 spiro atoms. The molecular weight excluding hydrogens is 388 g/mol. The van der Waals surface area contributed by atoms with Gasteiger partial charge in [0.15, 0.2) is 0 Å². The molecule has 4 rings (SSSR count). The second-order valence-corrected chi connectivity index (χ2v) is 7.18. The summed E-state index contributed by atoms with van der Waals surface area (Å²) in [6.07, 6.45) is 3.08. The standard InChI is InChI=1S/C23H17ClN2O3/c1-14-8-10-15(11-9-14)21(27)19-20(17-6-2-3-7-18(17)24)26(23(29)22(19)28)16-5-4-12-25-13-16/h2-13,20,27H,1H3/t20-/m1/s1. The Bertz CT molecular complexity index is 1120. The predicted molar refractivity (Wildman–Crippen MR) is 112 cm³/mol. The van der Waals surface area contributed by atoms with Gasteiger partial charge in [0.2, 0.25) is 0 Å². The highest BCUT2D eigenvalue weighted by atomic mass is 35.5. The Morgan fingerprint density at radius 2 is 1.76 bits per heavy atom. The van der Waals surface area contributed by atoms with Crippen LogP contribution in [0.15, 0.2) is 78.6 Å². The van der Waals surface area contributed by atoms with Gasteiger partial charge in [0, 0.05) is 16.8 Å². The van der Waals surface area contributed by atoms with Gasteiger partial charge in [0.05, 0.1) is 23.5 Å². The number of benzene rings is 2. The Hall–Kier alpha value is -3.44. The van der Waals surface area contributed by atoms with Gasteiger partial charge in [0.1, 0.15) is 5.76 Å². The summed E-state index contributed by atoms with van der Waals surface area (Å²) in [6, 6.07) is 16.6. The van der Waals surface area contributed by atoms with E-state index in [1.165, 1.54) is 11.1 Å². The van der Waals surface area contributed by atoms with Crippen LogP contribution < -0.4 is 4.90 Å². The molecule has 0 bridgehead atoms. The smallest absolute Gasteiger partial charge is 0.300 e. The van der Waals surface area contributed by atoms with Crippen molar-refractivity contribution in [2.24, 2.45) is 0 Å². The summed E-state index contributed by atoms with van der Waals surface area (Å²) < 4.78 is 0. The zero-order valence-corrected chi connectivity index (χ0v) is 16.3. The molecule has 2 aromatic carbocycles. The quantitative estimate of drug-likeness (QED) is 0.391. The number of ketones is 1. The molecule has 1 aliphatic heterocycles. The van der Waals surface area contributed by atoms with Gasteiger partial charge in [0.25, 0.3) is 11.7 Å². The van der Waals surface area contributed by atoms with Crippen LogP contribution >= 0.6 is 11.6 Å². The van der Waals surface area contributed by atoms with Crippen molar-refractivity contribution in [2.75, 3.05) is 4.90 Å². The largest absolute Gasteiger partial charge is 0.507 e. The molecule has 29 heavy (non-hydrogen) atoms. The van der Waals surface area contributed by atoms with Crippen LogP contribution in [0.1, 0.15) is 22.7 Å². The highest BCUT2D eigenvalue weighted by Crippen LogP contribution is 2.43. The average molecular weight is 405 g/mol. The number of nitrogens with zero attached hydrogens (tertiary/aromatic N) is 2. The summed E-state index contributed by atoms with van der Waals surface area (Å²) in [4.78, 5) is 31.3. The van der Waals surface area contributed by atoms with E-state index in [1.54, 1.807) is 54.7 Å². The molecule has 1 N–H and O–H groups in total. The number of aliphatic hydroxyl groups excluding tert-OH is 1. The number of aryl methyl sites for hydroxylation is 1. The molecule has 3 aromatic rings. The van der Waals surface area contributed by atoms with Crippen LogP contribution in [0, 0.1) is 6.92 Å². The molecule has 1 amide bonds. The van der Waals surface area contributed by atoms with Crippen LogP contribution in [0.3, 0.4) is 0 Å². The number of anilines is 1. The summed E-state index contributed by atoms with van der Waals surface area (Å²) in [5.74, 6) is -1.74.